The van der Waals surface area contributed by atoms with Gasteiger partial charge in [-0.1, -0.05) is 0 Å². The number of ether oxygens (including phenoxy) is 1. The largest absolute Gasteiger partial charge is 0.400 e. The van der Waals surface area contributed by atoms with Crippen LogP contribution in [-0.2, 0) is 9.57 Å². The summed E-state index contributed by atoms with van der Waals surface area (Å²) in [4.78, 5) is 6.61. The molecule has 0 aromatic heterocycles. The van der Waals surface area contributed by atoms with Crippen LogP contribution in [0.15, 0.2) is 5.28 Å². The Morgan fingerprint density at radius 3 is 2.47 bits per heavy atom. The summed E-state index contributed by atoms with van der Waals surface area (Å²) in [6.07, 6.45) is -7.07. The van der Waals surface area contributed by atoms with Gasteiger partial charge < -0.3 is 30.0 Å². The van der Waals surface area contributed by atoms with Gasteiger partial charge in [0, 0.05) is 4.91 Å². The fourth-order valence-corrected chi connectivity index (χ4v) is 1.22. The van der Waals surface area contributed by atoms with Crippen molar-refractivity contribution in [3.8, 4) is 0 Å². The lowest BCUT2D eigenvalue weighted by atomic mass is 9.99. The topological polar surface area (TPSA) is 148 Å². The Morgan fingerprint density at radius 2 is 1.93 bits per heavy atom. The first-order valence-electron chi connectivity index (χ1n) is 4.12. The fraction of sp³-hybridized carbons (Fsp3) is 1.00. The number of hydrogen-bond acceptors (Lipinski definition) is 7. The van der Waals surface area contributed by atoms with E-state index in [0.29, 0.717) is 0 Å². The molecule has 0 aliphatic carbocycles. The Morgan fingerprint density at radius 1 is 1.27 bits per heavy atom. The molecule has 0 saturated carbocycles. The van der Waals surface area contributed by atoms with E-state index in [1.807, 2.05) is 0 Å². The number of nitrogens with zero attached hydrogens (tertiary/aromatic N) is 3. The molecule has 0 bridgehead atoms. The van der Waals surface area contributed by atoms with Gasteiger partial charge in [0.25, 0.3) is 0 Å². The number of azide groups is 1. The highest BCUT2D eigenvalue weighted by Crippen LogP contribution is 2.21. The third kappa shape index (κ3) is 2.48. The second-order valence-electron chi connectivity index (χ2n) is 2.97. The Labute approximate surface area is 84.0 Å². The molecule has 4 N–H and O–H groups in total. The molecule has 1 aliphatic heterocycles. The summed E-state index contributed by atoms with van der Waals surface area (Å²) in [6.45, 7) is -0.568. The van der Waals surface area contributed by atoms with Gasteiger partial charge in [-0.3, -0.25) is 0 Å². The van der Waals surface area contributed by atoms with Crippen LogP contribution in [0, 0.1) is 0 Å². The van der Waals surface area contributed by atoms with Gasteiger partial charge in [0.1, 0.15) is 29.7 Å². The minimum atomic E-state index is -1.56. The van der Waals surface area contributed by atoms with E-state index >= 15 is 0 Å². The van der Waals surface area contributed by atoms with Gasteiger partial charge in [0.15, 0.2) is 0 Å². The maximum Gasteiger partial charge on any atom is 0.237 e. The molecule has 1 heterocycles. The van der Waals surface area contributed by atoms with E-state index in [0.717, 1.165) is 0 Å². The molecule has 0 amide bonds. The van der Waals surface area contributed by atoms with Gasteiger partial charge in [0.2, 0.25) is 6.29 Å². The molecule has 86 valence electrons. The maximum absolute atomic E-state index is 9.32. The van der Waals surface area contributed by atoms with Crippen LogP contribution in [0.1, 0.15) is 0 Å². The minimum absolute atomic E-state index is 0.568. The second kappa shape index (κ2) is 5.12. The zero-order chi connectivity index (χ0) is 11.4. The molecular weight excluding hydrogens is 210 g/mol. The third-order valence-electron chi connectivity index (χ3n) is 2.04. The molecule has 15 heavy (non-hydrogen) atoms. The van der Waals surface area contributed by atoms with Crippen molar-refractivity contribution in [3.05, 3.63) is 10.4 Å². The number of aliphatic hydroxyl groups is 4. The van der Waals surface area contributed by atoms with Crippen molar-refractivity contribution in [1.29, 1.82) is 0 Å². The highest BCUT2D eigenvalue weighted by atomic mass is 16.8. The normalized spacial score (nSPS) is 40.7. The Bertz CT molecular complexity index is 255. The first kappa shape index (κ1) is 12.0. The Kier molecular flexibility index (Phi) is 4.09. The van der Waals surface area contributed by atoms with E-state index in [9.17, 15) is 15.3 Å². The monoisotopic (exact) mass is 221 g/mol. The van der Waals surface area contributed by atoms with Crippen LogP contribution < -0.4 is 0 Å². The van der Waals surface area contributed by atoms with E-state index in [1.54, 1.807) is 0 Å². The van der Waals surface area contributed by atoms with Crippen molar-refractivity contribution in [2.24, 2.45) is 5.28 Å². The summed E-state index contributed by atoms with van der Waals surface area (Å²) in [5.41, 5.74) is 7.96. The summed E-state index contributed by atoms with van der Waals surface area (Å²) in [6, 6.07) is 0. The maximum atomic E-state index is 9.32. The molecule has 0 radical (unpaired) electrons. The van der Waals surface area contributed by atoms with Crippen molar-refractivity contribution >= 4 is 0 Å². The third-order valence-corrected chi connectivity index (χ3v) is 2.04. The first-order valence-corrected chi connectivity index (χ1v) is 4.12. The van der Waals surface area contributed by atoms with Gasteiger partial charge in [-0.05, 0) is 5.53 Å². The molecule has 1 aliphatic rings. The second-order valence-corrected chi connectivity index (χ2v) is 2.97. The van der Waals surface area contributed by atoms with Gasteiger partial charge in [-0.15, -0.1) is 0 Å². The molecule has 1 fully saturated rings. The van der Waals surface area contributed by atoms with Crippen molar-refractivity contribution in [3.63, 3.8) is 0 Å². The predicted molar refractivity (Wildman–Crippen MR) is 44.0 cm³/mol. The summed E-state index contributed by atoms with van der Waals surface area (Å²) < 4.78 is 4.84. The zero-order valence-electron chi connectivity index (χ0n) is 7.54. The predicted octanol–water partition coefficient (Wildman–Crippen LogP) is -1.97. The van der Waals surface area contributed by atoms with Gasteiger partial charge in [-0.25, -0.2) is 0 Å². The SMILES string of the molecule is [N-]=[N+]=NO[C@H]1O[C@H](CO)[C@@H](O)[C@H](O)[C@@H]1O. The molecule has 9 heteroatoms. The number of rotatable bonds is 3. The van der Waals surface area contributed by atoms with Crippen LogP contribution in [0.2, 0.25) is 0 Å². The van der Waals surface area contributed by atoms with E-state index in [2.05, 4.69) is 15.0 Å². The lowest BCUT2D eigenvalue weighted by Gasteiger charge is -2.38. The van der Waals surface area contributed by atoms with E-state index < -0.39 is 37.3 Å². The molecule has 1 rings (SSSR count). The molecular formula is C6H11N3O6. The first-order chi connectivity index (χ1) is 7.11. The quantitative estimate of drug-likeness (QED) is 0.188. The molecule has 0 unspecified atom stereocenters. The van der Waals surface area contributed by atoms with E-state index in [1.165, 1.54) is 0 Å². The Hall–Kier alpha value is -1.09. The summed E-state index contributed by atoms with van der Waals surface area (Å²) in [5.74, 6) is 0. The highest BCUT2D eigenvalue weighted by Gasteiger charge is 2.44. The molecule has 0 aromatic rings. The summed E-state index contributed by atoms with van der Waals surface area (Å²) in [7, 11) is 0. The molecule has 0 spiro atoms. The standard InChI is InChI=1S/C6H11N3O6/c7-8-9-15-6-5(13)4(12)3(11)2(1-10)14-6/h2-6,10-13H,1H2/t2-,3-,4+,5+,6-/m1/s1. The summed E-state index contributed by atoms with van der Waals surface area (Å²) in [5, 5.41) is 39.4. The van der Waals surface area contributed by atoms with Gasteiger partial charge in [-0.2, -0.15) is 0 Å². The zero-order valence-corrected chi connectivity index (χ0v) is 7.54. The average molecular weight is 221 g/mol. The van der Waals surface area contributed by atoms with Crippen molar-refractivity contribution < 1.29 is 30.0 Å². The van der Waals surface area contributed by atoms with Gasteiger partial charge in [0.05, 0.1) is 6.61 Å². The molecule has 5 atom stereocenters. The highest BCUT2D eigenvalue weighted by molar-refractivity contribution is 4.88. The van der Waals surface area contributed by atoms with Crippen molar-refractivity contribution in [1.82, 2.24) is 0 Å². The van der Waals surface area contributed by atoms with Crippen LogP contribution in [0.3, 0.4) is 0 Å². The molecule has 1 saturated heterocycles. The lowest BCUT2D eigenvalue weighted by molar-refractivity contribution is -0.302. The van der Waals surface area contributed by atoms with E-state index in [4.69, 9.17) is 15.4 Å². The minimum Gasteiger partial charge on any atom is -0.400 e. The summed E-state index contributed by atoms with van der Waals surface area (Å²) >= 11 is 0. The van der Waals surface area contributed by atoms with Crippen LogP contribution in [0.5, 0.6) is 0 Å². The van der Waals surface area contributed by atoms with E-state index in [-0.39, 0.29) is 0 Å². The number of hydrogen-bond donors (Lipinski definition) is 4. The van der Waals surface area contributed by atoms with Crippen molar-refractivity contribution in [2.75, 3.05) is 6.61 Å². The van der Waals surface area contributed by atoms with Crippen molar-refractivity contribution in [2.45, 2.75) is 30.7 Å². The molecule has 9 nitrogen and oxygen atoms in total. The smallest absolute Gasteiger partial charge is 0.237 e. The molecule has 0 aromatic carbocycles. The van der Waals surface area contributed by atoms with Gasteiger partial charge >= 0.3 is 0 Å². The Balaban J connectivity index is 2.69. The average Bonchev–Trinajstić information content (AvgIpc) is 2.25. The van der Waals surface area contributed by atoms with Crippen LogP contribution >= 0.6 is 0 Å². The lowest BCUT2D eigenvalue weighted by Crippen LogP contribution is -2.58. The van der Waals surface area contributed by atoms with Crippen LogP contribution in [0.4, 0.5) is 0 Å². The fourth-order valence-electron chi connectivity index (χ4n) is 1.22. The van der Waals surface area contributed by atoms with Crippen LogP contribution in [-0.4, -0.2) is 57.7 Å². The van der Waals surface area contributed by atoms with Crippen LogP contribution in [0.25, 0.3) is 10.4 Å². The number of aliphatic hydroxyl groups excluding tert-OH is 4.